The lowest BCUT2D eigenvalue weighted by atomic mass is 9.96. The Balaban J connectivity index is 1.11. The highest BCUT2D eigenvalue weighted by atomic mass is 32.1. The Hall–Kier alpha value is -2.00. The molecule has 0 atom stereocenters. The van der Waals surface area contributed by atoms with E-state index in [1.807, 2.05) is 0 Å². The number of rotatable bonds is 6. The van der Waals surface area contributed by atoms with E-state index in [2.05, 4.69) is 20.2 Å². The minimum Gasteiger partial charge on any atom is -0.356 e. The maximum absolute atomic E-state index is 12.8. The van der Waals surface area contributed by atoms with Gasteiger partial charge in [0.15, 0.2) is 0 Å². The number of piperidine rings is 1. The van der Waals surface area contributed by atoms with Gasteiger partial charge in [0, 0.05) is 31.1 Å². The van der Waals surface area contributed by atoms with Crippen LogP contribution in [0.3, 0.4) is 0 Å². The molecule has 2 fully saturated rings. The molecule has 180 valence electrons. The van der Waals surface area contributed by atoms with Crippen molar-refractivity contribution >= 4 is 27.3 Å². The number of hydrogen-bond acceptors (Lipinski definition) is 7. The van der Waals surface area contributed by atoms with Crippen LogP contribution in [0.1, 0.15) is 69.0 Å². The van der Waals surface area contributed by atoms with Crippen LogP contribution in [0.25, 0.3) is 4.96 Å². The summed E-state index contributed by atoms with van der Waals surface area (Å²) in [6.07, 6.45) is 11.9. The van der Waals surface area contributed by atoms with Crippen LogP contribution in [0.5, 0.6) is 0 Å². The molecule has 0 spiro atoms. The monoisotopic (exact) mass is 472 g/mol. The first kappa shape index (κ1) is 22.8. The summed E-state index contributed by atoms with van der Waals surface area (Å²) in [7, 11) is 0. The lowest BCUT2D eigenvalue weighted by molar-refractivity contribution is -0.125. The molecule has 8 nitrogen and oxygen atoms in total. The topological polar surface area (TPSA) is 82.8 Å². The minimum atomic E-state index is 0.00615. The third-order valence-corrected chi connectivity index (χ3v) is 8.42. The van der Waals surface area contributed by atoms with Gasteiger partial charge in [0.2, 0.25) is 16.0 Å². The molecule has 3 aliphatic rings. The Bertz CT molecular complexity index is 1020. The fraction of sp³-hybridized carbons (Fsp3) is 0.750. The fourth-order valence-corrected chi connectivity index (χ4v) is 6.41. The van der Waals surface area contributed by atoms with E-state index >= 15 is 0 Å². The van der Waals surface area contributed by atoms with Crippen molar-refractivity contribution in [3.63, 3.8) is 0 Å². The lowest BCUT2D eigenvalue weighted by Crippen LogP contribution is -2.41. The maximum Gasteiger partial charge on any atom is 0.278 e. The van der Waals surface area contributed by atoms with E-state index in [4.69, 9.17) is 4.98 Å². The summed E-state index contributed by atoms with van der Waals surface area (Å²) in [5.41, 5.74) is 1.82. The Kier molecular flexibility index (Phi) is 7.25. The summed E-state index contributed by atoms with van der Waals surface area (Å²) in [6, 6.07) is 0. The summed E-state index contributed by atoms with van der Waals surface area (Å²) in [5.74, 6) is 0.266. The van der Waals surface area contributed by atoms with E-state index < -0.39 is 0 Å². The van der Waals surface area contributed by atoms with Crippen LogP contribution in [-0.2, 0) is 17.6 Å². The molecule has 0 unspecified atom stereocenters. The van der Waals surface area contributed by atoms with Crippen molar-refractivity contribution in [1.82, 2.24) is 24.8 Å². The molecule has 5 rings (SSSR count). The number of hydrogen-bond donors (Lipinski definition) is 1. The van der Waals surface area contributed by atoms with Gasteiger partial charge in [-0.05, 0) is 77.4 Å². The Morgan fingerprint density at radius 1 is 1.00 bits per heavy atom. The highest BCUT2D eigenvalue weighted by molar-refractivity contribution is 7.20. The molecular weight excluding hydrogens is 436 g/mol. The molecule has 33 heavy (non-hydrogen) atoms. The van der Waals surface area contributed by atoms with Crippen LogP contribution in [0.4, 0.5) is 5.13 Å². The number of aryl methyl sites for hydroxylation is 1. The number of anilines is 1. The summed E-state index contributed by atoms with van der Waals surface area (Å²) in [5, 5.41) is 8.62. The number of nitrogens with zero attached hydrogens (tertiary/aromatic N) is 5. The quantitative estimate of drug-likeness (QED) is 0.651. The molecule has 1 N–H and O–H groups in total. The molecule has 4 heterocycles. The number of likely N-dealkylation sites (tertiary alicyclic amines) is 1. The molecule has 2 aromatic heterocycles. The molecule has 0 aromatic carbocycles. The second-order valence-corrected chi connectivity index (χ2v) is 10.7. The molecular formula is C24H36N6O2S. The second-order valence-electron chi connectivity index (χ2n) is 9.79. The van der Waals surface area contributed by atoms with E-state index in [0.29, 0.717) is 4.96 Å². The zero-order valence-corrected chi connectivity index (χ0v) is 20.4. The van der Waals surface area contributed by atoms with Gasteiger partial charge in [0.25, 0.3) is 5.56 Å². The van der Waals surface area contributed by atoms with E-state index in [1.165, 1.54) is 54.6 Å². The van der Waals surface area contributed by atoms with Gasteiger partial charge < -0.3 is 15.1 Å². The van der Waals surface area contributed by atoms with Crippen molar-refractivity contribution < 1.29 is 4.79 Å². The highest BCUT2D eigenvalue weighted by Crippen LogP contribution is 2.28. The van der Waals surface area contributed by atoms with Crippen molar-refractivity contribution in [1.29, 1.82) is 0 Å². The largest absolute Gasteiger partial charge is 0.356 e. The lowest BCUT2D eigenvalue weighted by Gasteiger charge is -2.30. The zero-order valence-electron chi connectivity index (χ0n) is 19.6. The molecule has 2 aliphatic heterocycles. The number of aromatic nitrogens is 3. The van der Waals surface area contributed by atoms with Crippen molar-refractivity contribution in [2.75, 3.05) is 44.2 Å². The van der Waals surface area contributed by atoms with E-state index in [-0.39, 0.29) is 17.4 Å². The SMILES string of the molecule is O=C(NCCCN1CCCCCC1)C1CCN(c2nn3c(=O)c4c(nc3s2)CCCC4)CC1. The third kappa shape index (κ3) is 5.24. The van der Waals surface area contributed by atoms with Gasteiger partial charge in [-0.3, -0.25) is 9.59 Å². The van der Waals surface area contributed by atoms with Gasteiger partial charge >= 0.3 is 0 Å². The van der Waals surface area contributed by atoms with Crippen LogP contribution >= 0.6 is 11.3 Å². The highest BCUT2D eigenvalue weighted by Gasteiger charge is 2.27. The van der Waals surface area contributed by atoms with Gasteiger partial charge in [-0.2, -0.15) is 4.52 Å². The van der Waals surface area contributed by atoms with Crippen molar-refractivity contribution in [3.8, 4) is 0 Å². The average molecular weight is 473 g/mol. The van der Waals surface area contributed by atoms with Crippen molar-refractivity contribution in [2.45, 2.75) is 70.6 Å². The molecule has 0 bridgehead atoms. The number of nitrogens with one attached hydrogen (secondary N) is 1. The van der Waals surface area contributed by atoms with Gasteiger partial charge in [-0.25, -0.2) is 4.98 Å². The molecule has 2 aromatic rings. The average Bonchev–Trinajstić information content (AvgIpc) is 3.10. The first-order valence-electron chi connectivity index (χ1n) is 12.9. The Morgan fingerprint density at radius 2 is 1.76 bits per heavy atom. The first-order valence-corrected chi connectivity index (χ1v) is 13.7. The van der Waals surface area contributed by atoms with E-state index in [0.717, 1.165) is 87.5 Å². The van der Waals surface area contributed by atoms with E-state index in [1.54, 1.807) is 0 Å². The molecule has 0 radical (unpaired) electrons. The summed E-state index contributed by atoms with van der Waals surface area (Å²) >= 11 is 1.49. The summed E-state index contributed by atoms with van der Waals surface area (Å²) in [4.78, 5) is 35.7. The molecule has 1 amide bonds. The standard InChI is InChI=1S/C24H36N6O2S/c31-21(25-12-7-15-28-13-5-1-2-6-14-28)18-10-16-29(17-11-18)24-27-30-22(32)19-8-3-4-9-20(19)26-23(30)33-24/h18H,1-17H2,(H,25,31). The number of amides is 1. The fourth-order valence-electron chi connectivity index (χ4n) is 5.44. The summed E-state index contributed by atoms with van der Waals surface area (Å²) < 4.78 is 1.49. The van der Waals surface area contributed by atoms with Crippen LogP contribution in [-0.4, -0.2) is 64.7 Å². The number of carbonyl (C=O) groups is 1. The zero-order chi connectivity index (χ0) is 22.6. The Morgan fingerprint density at radius 3 is 2.55 bits per heavy atom. The third-order valence-electron chi connectivity index (χ3n) is 7.45. The van der Waals surface area contributed by atoms with Crippen molar-refractivity contribution in [3.05, 3.63) is 21.6 Å². The van der Waals surface area contributed by atoms with E-state index in [9.17, 15) is 9.59 Å². The van der Waals surface area contributed by atoms with Gasteiger partial charge in [-0.15, -0.1) is 5.10 Å². The second kappa shape index (κ2) is 10.5. The van der Waals surface area contributed by atoms with Crippen LogP contribution < -0.4 is 15.8 Å². The van der Waals surface area contributed by atoms with Gasteiger partial charge in [0.05, 0.1) is 5.69 Å². The normalized spacial score (nSPS) is 20.5. The molecule has 2 saturated heterocycles. The predicted octanol–water partition coefficient (Wildman–Crippen LogP) is 2.63. The van der Waals surface area contributed by atoms with Gasteiger partial charge in [-0.1, -0.05) is 24.2 Å². The molecule has 9 heteroatoms. The molecule has 0 saturated carbocycles. The predicted molar refractivity (Wildman–Crippen MR) is 131 cm³/mol. The van der Waals surface area contributed by atoms with Crippen LogP contribution in [0.15, 0.2) is 4.79 Å². The van der Waals surface area contributed by atoms with Crippen molar-refractivity contribution in [2.24, 2.45) is 5.92 Å². The molecule has 1 aliphatic carbocycles. The Labute approximate surface area is 199 Å². The maximum atomic E-state index is 12.8. The minimum absolute atomic E-state index is 0.00615. The smallest absolute Gasteiger partial charge is 0.278 e. The van der Waals surface area contributed by atoms with Crippen LogP contribution in [0, 0.1) is 5.92 Å². The van der Waals surface area contributed by atoms with Crippen LogP contribution in [0.2, 0.25) is 0 Å². The number of fused-ring (bicyclic) bond motifs is 2. The first-order chi connectivity index (χ1) is 16.2. The number of carbonyl (C=O) groups excluding carboxylic acids is 1. The van der Waals surface area contributed by atoms with Gasteiger partial charge in [0.1, 0.15) is 0 Å². The summed E-state index contributed by atoms with van der Waals surface area (Å²) in [6.45, 7) is 5.87.